The fraction of sp³-hybridized carbons (Fsp3) is 1.00. The highest BCUT2D eigenvalue weighted by Crippen LogP contribution is 1.87. The average Bonchev–Trinajstić information content (AvgIpc) is 1.82. The number of hydrogen-bond acceptors (Lipinski definition) is 3. The van der Waals surface area contributed by atoms with E-state index < -0.39 is 21.2 Å². The number of nitrogens with zero attached hydrogens (tertiary/aromatic N) is 1. The molecule has 5 nitrogen and oxygen atoms in total. The van der Waals surface area contributed by atoms with Crippen LogP contribution in [0.4, 0.5) is 0 Å². The molecule has 0 aliphatic carbocycles. The SMILES string of the molecule is CCN(C)S(=O)NS(C)(=O)=O. The van der Waals surface area contributed by atoms with Gasteiger partial charge in [0.2, 0.25) is 10.0 Å². The van der Waals surface area contributed by atoms with Crippen molar-refractivity contribution in [1.82, 2.24) is 8.43 Å². The first kappa shape index (κ1) is 11.0. The Kier molecular flexibility index (Phi) is 4.16. The maximum absolute atomic E-state index is 10.9. The molecule has 1 N–H and O–H groups in total. The Morgan fingerprint density at radius 1 is 1.55 bits per heavy atom. The second-order valence-electron chi connectivity index (χ2n) is 2.05. The average molecular weight is 200 g/mol. The summed E-state index contributed by atoms with van der Waals surface area (Å²) in [5.41, 5.74) is 0. The minimum atomic E-state index is -3.37. The summed E-state index contributed by atoms with van der Waals surface area (Å²) in [4.78, 5) is 0. The van der Waals surface area contributed by atoms with Crippen molar-refractivity contribution in [2.45, 2.75) is 6.92 Å². The Hall–Kier alpha value is 0.0200. The monoisotopic (exact) mass is 200 g/mol. The van der Waals surface area contributed by atoms with Gasteiger partial charge < -0.3 is 0 Å². The van der Waals surface area contributed by atoms with Crippen LogP contribution in [0, 0.1) is 0 Å². The molecular formula is C4H12N2O3S2. The lowest BCUT2D eigenvalue weighted by Gasteiger charge is -2.11. The maximum Gasteiger partial charge on any atom is 0.220 e. The van der Waals surface area contributed by atoms with Crippen LogP contribution in [-0.2, 0) is 21.2 Å². The molecule has 0 rings (SSSR count). The Morgan fingerprint density at radius 2 is 2.00 bits per heavy atom. The summed E-state index contributed by atoms with van der Waals surface area (Å²) in [7, 11) is -1.81. The molecule has 0 aromatic carbocycles. The molecule has 0 bridgehead atoms. The van der Waals surface area contributed by atoms with E-state index in [0.717, 1.165) is 6.26 Å². The van der Waals surface area contributed by atoms with Crippen molar-refractivity contribution in [2.75, 3.05) is 19.8 Å². The van der Waals surface area contributed by atoms with Crippen molar-refractivity contribution in [3.05, 3.63) is 0 Å². The molecule has 1 unspecified atom stereocenters. The molecule has 0 fully saturated rings. The molecule has 0 aromatic rings. The van der Waals surface area contributed by atoms with Crippen molar-refractivity contribution in [2.24, 2.45) is 0 Å². The molecule has 0 saturated carbocycles. The predicted octanol–water partition coefficient (Wildman–Crippen LogP) is -0.934. The van der Waals surface area contributed by atoms with Crippen LogP contribution in [0.2, 0.25) is 0 Å². The van der Waals surface area contributed by atoms with E-state index in [9.17, 15) is 12.6 Å². The van der Waals surface area contributed by atoms with E-state index in [1.807, 2.05) is 4.13 Å². The summed E-state index contributed by atoms with van der Waals surface area (Å²) in [5.74, 6) is 0. The third-order valence-electron chi connectivity index (χ3n) is 0.951. The van der Waals surface area contributed by atoms with Gasteiger partial charge in [-0.3, -0.25) is 0 Å². The highest BCUT2D eigenvalue weighted by Gasteiger charge is 2.10. The van der Waals surface area contributed by atoms with Crippen molar-refractivity contribution in [3.63, 3.8) is 0 Å². The van der Waals surface area contributed by atoms with Crippen LogP contribution in [0.15, 0.2) is 0 Å². The van der Waals surface area contributed by atoms with Crippen molar-refractivity contribution in [3.8, 4) is 0 Å². The molecule has 1 atom stereocenters. The number of nitrogens with one attached hydrogen (secondary N) is 1. The van der Waals surface area contributed by atoms with E-state index in [-0.39, 0.29) is 0 Å². The molecule has 0 amide bonds. The molecule has 0 aliphatic heterocycles. The van der Waals surface area contributed by atoms with Crippen LogP contribution in [0.3, 0.4) is 0 Å². The summed E-state index contributed by atoms with van der Waals surface area (Å²) in [5, 5.41) is 0. The van der Waals surface area contributed by atoms with Gasteiger partial charge in [-0.1, -0.05) is 6.92 Å². The van der Waals surface area contributed by atoms with Gasteiger partial charge in [-0.05, 0) is 0 Å². The summed E-state index contributed by atoms with van der Waals surface area (Å²) in [6, 6.07) is 0. The number of rotatable bonds is 4. The van der Waals surface area contributed by atoms with Gasteiger partial charge in [0, 0.05) is 13.6 Å². The molecule has 0 saturated heterocycles. The second kappa shape index (κ2) is 4.15. The minimum absolute atomic E-state index is 0.523. The number of hydrogen-bond donors (Lipinski definition) is 1. The van der Waals surface area contributed by atoms with Gasteiger partial charge in [0.1, 0.15) is 0 Å². The van der Waals surface area contributed by atoms with Gasteiger partial charge in [-0.25, -0.2) is 16.9 Å². The molecule has 0 radical (unpaired) electrons. The molecule has 0 heterocycles. The Labute approximate surface area is 69.5 Å². The summed E-state index contributed by atoms with van der Waals surface area (Å²) in [6.45, 7) is 2.30. The van der Waals surface area contributed by atoms with E-state index in [4.69, 9.17) is 0 Å². The summed E-state index contributed by atoms with van der Waals surface area (Å²) < 4.78 is 35.3. The normalized spacial score (nSPS) is 15.3. The second-order valence-corrected chi connectivity index (χ2v) is 5.38. The lowest BCUT2D eigenvalue weighted by Crippen LogP contribution is -2.35. The van der Waals surface area contributed by atoms with Gasteiger partial charge >= 0.3 is 0 Å². The molecule has 0 aliphatic rings. The van der Waals surface area contributed by atoms with E-state index in [2.05, 4.69) is 0 Å². The highest BCUT2D eigenvalue weighted by atomic mass is 32.3. The Morgan fingerprint density at radius 3 is 2.27 bits per heavy atom. The van der Waals surface area contributed by atoms with E-state index in [0.29, 0.717) is 6.54 Å². The van der Waals surface area contributed by atoms with Crippen LogP contribution in [0.1, 0.15) is 6.92 Å². The van der Waals surface area contributed by atoms with Crippen LogP contribution in [0.5, 0.6) is 0 Å². The zero-order valence-electron chi connectivity index (χ0n) is 6.70. The molecule has 0 aromatic heterocycles. The fourth-order valence-corrected chi connectivity index (χ4v) is 2.09. The molecule has 68 valence electrons. The Balaban J connectivity index is 4.10. The molecule has 7 heteroatoms. The van der Waals surface area contributed by atoms with Crippen molar-refractivity contribution in [1.29, 1.82) is 0 Å². The maximum atomic E-state index is 10.9. The molecule has 0 spiro atoms. The summed E-state index contributed by atoms with van der Waals surface area (Å²) >= 11 is -1.64. The van der Waals surface area contributed by atoms with Crippen LogP contribution in [-0.4, -0.2) is 36.8 Å². The van der Waals surface area contributed by atoms with E-state index in [1.165, 1.54) is 4.31 Å². The fourth-order valence-electron chi connectivity index (χ4n) is 0.310. The first-order valence-electron chi connectivity index (χ1n) is 2.97. The first-order chi connectivity index (χ1) is 4.87. The smallest absolute Gasteiger partial charge is 0.220 e. The van der Waals surface area contributed by atoms with Crippen LogP contribution < -0.4 is 4.13 Å². The standard InChI is InChI=1S/C4H12N2O3S2/c1-4-6(2)10(7)5-11(3,8)9/h5H,4H2,1-3H3. The third kappa shape index (κ3) is 5.31. The lowest BCUT2D eigenvalue weighted by atomic mass is 10.8. The third-order valence-corrected chi connectivity index (χ3v) is 3.56. The molecular weight excluding hydrogens is 188 g/mol. The van der Waals surface area contributed by atoms with E-state index >= 15 is 0 Å². The van der Waals surface area contributed by atoms with Crippen LogP contribution >= 0.6 is 0 Å². The van der Waals surface area contributed by atoms with Gasteiger partial charge in [0.15, 0.2) is 11.2 Å². The van der Waals surface area contributed by atoms with E-state index in [1.54, 1.807) is 14.0 Å². The zero-order chi connectivity index (χ0) is 9.07. The van der Waals surface area contributed by atoms with Gasteiger partial charge in [-0.15, -0.1) is 4.13 Å². The largest absolute Gasteiger partial charge is 0.224 e. The van der Waals surface area contributed by atoms with Crippen molar-refractivity contribution >= 4 is 21.2 Å². The molecule has 11 heavy (non-hydrogen) atoms. The number of sulfonamides is 1. The highest BCUT2D eigenvalue weighted by molar-refractivity contribution is 8.00. The summed E-state index contributed by atoms with van der Waals surface area (Å²) in [6.07, 6.45) is 0.967. The lowest BCUT2D eigenvalue weighted by molar-refractivity contribution is 0.542. The minimum Gasteiger partial charge on any atom is -0.224 e. The zero-order valence-corrected chi connectivity index (χ0v) is 8.33. The van der Waals surface area contributed by atoms with Gasteiger partial charge in [-0.2, -0.15) is 0 Å². The predicted molar refractivity (Wildman–Crippen MR) is 44.4 cm³/mol. The van der Waals surface area contributed by atoms with Gasteiger partial charge in [0.25, 0.3) is 0 Å². The topological polar surface area (TPSA) is 66.5 Å². The first-order valence-corrected chi connectivity index (χ1v) is 5.97. The van der Waals surface area contributed by atoms with Crippen molar-refractivity contribution < 1.29 is 12.6 Å². The van der Waals surface area contributed by atoms with Crippen LogP contribution in [0.25, 0.3) is 0 Å². The Bertz CT molecular complexity index is 236. The van der Waals surface area contributed by atoms with Gasteiger partial charge in [0.05, 0.1) is 6.26 Å². The quantitative estimate of drug-likeness (QED) is 0.637.